The molecule has 0 radical (unpaired) electrons. The van der Waals surface area contributed by atoms with E-state index in [9.17, 15) is 5.11 Å². The third kappa shape index (κ3) is 5.13. The Morgan fingerprint density at radius 1 is 1.40 bits per heavy atom. The van der Waals surface area contributed by atoms with Crippen LogP contribution in [0.3, 0.4) is 0 Å². The Morgan fingerprint density at radius 3 is 2.67 bits per heavy atom. The molecule has 1 aromatic rings. The normalized spacial score (nSPS) is 12.5. The van der Waals surface area contributed by atoms with Crippen LogP contribution in [-0.4, -0.2) is 31.5 Å². The molecule has 0 aromatic heterocycles. The van der Waals surface area contributed by atoms with E-state index in [-0.39, 0.29) is 6.61 Å². The van der Waals surface area contributed by atoms with Gasteiger partial charge in [-0.2, -0.15) is 0 Å². The SMILES string of the molecule is CONCC(O)COc1ccc(Br)cc1. The lowest BCUT2D eigenvalue weighted by atomic mass is 10.3. The standard InChI is InChI=1S/C10H14BrNO3/c1-14-12-6-9(13)7-15-10-4-2-8(11)3-5-10/h2-5,9,12-13H,6-7H2,1H3. The first-order valence-corrected chi connectivity index (χ1v) is 5.34. The molecular weight excluding hydrogens is 262 g/mol. The maximum Gasteiger partial charge on any atom is 0.119 e. The summed E-state index contributed by atoms with van der Waals surface area (Å²) in [5.41, 5.74) is 2.56. The first-order valence-electron chi connectivity index (χ1n) is 4.54. The molecule has 0 fully saturated rings. The van der Waals surface area contributed by atoms with Crippen LogP contribution in [0.5, 0.6) is 5.75 Å². The molecule has 4 nitrogen and oxygen atoms in total. The molecule has 15 heavy (non-hydrogen) atoms. The van der Waals surface area contributed by atoms with Crippen molar-refractivity contribution in [2.45, 2.75) is 6.10 Å². The van der Waals surface area contributed by atoms with E-state index in [0.717, 1.165) is 10.2 Å². The van der Waals surface area contributed by atoms with Crippen molar-refractivity contribution in [2.75, 3.05) is 20.3 Å². The summed E-state index contributed by atoms with van der Waals surface area (Å²) in [6.07, 6.45) is -0.589. The highest BCUT2D eigenvalue weighted by Gasteiger charge is 2.04. The monoisotopic (exact) mass is 275 g/mol. The minimum absolute atomic E-state index is 0.234. The molecule has 0 aliphatic rings. The van der Waals surface area contributed by atoms with Crippen LogP contribution in [-0.2, 0) is 4.84 Å². The Balaban J connectivity index is 2.27. The number of hydrogen-bond donors (Lipinski definition) is 2. The molecule has 84 valence electrons. The molecule has 1 unspecified atom stereocenters. The second-order valence-corrected chi connectivity index (χ2v) is 3.89. The molecule has 0 saturated heterocycles. The highest BCUT2D eigenvalue weighted by atomic mass is 79.9. The summed E-state index contributed by atoms with van der Waals surface area (Å²) < 4.78 is 6.35. The lowest BCUT2D eigenvalue weighted by Gasteiger charge is -2.12. The summed E-state index contributed by atoms with van der Waals surface area (Å²) in [5, 5.41) is 9.42. The first-order chi connectivity index (χ1) is 7.22. The van der Waals surface area contributed by atoms with Gasteiger partial charge in [-0.25, -0.2) is 5.48 Å². The van der Waals surface area contributed by atoms with Crippen LogP contribution in [0.1, 0.15) is 0 Å². The van der Waals surface area contributed by atoms with Gasteiger partial charge in [0.05, 0.1) is 13.7 Å². The number of halogens is 1. The fourth-order valence-corrected chi connectivity index (χ4v) is 1.23. The number of benzene rings is 1. The minimum atomic E-state index is -0.589. The van der Waals surface area contributed by atoms with Gasteiger partial charge in [0.2, 0.25) is 0 Å². The summed E-state index contributed by atoms with van der Waals surface area (Å²) in [7, 11) is 1.50. The molecule has 0 aliphatic heterocycles. The molecule has 0 aliphatic carbocycles. The number of hydrogen-bond acceptors (Lipinski definition) is 4. The van der Waals surface area contributed by atoms with E-state index in [1.54, 1.807) is 0 Å². The van der Waals surface area contributed by atoms with Crippen LogP contribution >= 0.6 is 15.9 Å². The van der Waals surface area contributed by atoms with Gasteiger partial charge in [0.25, 0.3) is 0 Å². The number of nitrogens with one attached hydrogen (secondary N) is 1. The average molecular weight is 276 g/mol. The smallest absolute Gasteiger partial charge is 0.119 e. The summed E-state index contributed by atoms with van der Waals surface area (Å²) in [4.78, 5) is 4.61. The molecule has 0 amide bonds. The lowest BCUT2D eigenvalue weighted by molar-refractivity contribution is 0.0322. The van der Waals surface area contributed by atoms with Crippen molar-refractivity contribution in [2.24, 2.45) is 0 Å². The van der Waals surface area contributed by atoms with E-state index >= 15 is 0 Å². The molecule has 1 rings (SSSR count). The third-order valence-electron chi connectivity index (χ3n) is 1.72. The summed E-state index contributed by atoms with van der Waals surface area (Å²) >= 11 is 3.33. The van der Waals surface area contributed by atoms with E-state index in [0.29, 0.717) is 6.54 Å². The van der Waals surface area contributed by atoms with Crippen LogP contribution in [0.4, 0.5) is 0 Å². The Kier molecular flexibility index (Phi) is 5.63. The van der Waals surface area contributed by atoms with Gasteiger partial charge in [-0.1, -0.05) is 15.9 Å². The molecule has 1 aromatic carbocycles. The summed E-state index contributed by atoms with van der Waals surface area (Å²) in [6, 6.07) is 7.44. The number of hydroxylamine groups is 1. The highest BCUT2D eigenvalue weighted by molar-refractivity contribution is 9.10. The van der Waals surface area contributed by atoms with Crippen LogP contribution in [0.2, 0.25) is 0 Å². The summed E-state index contributed by atoms with van der Waals surface area (Å²) in [5.74, 6) is 0.731. The Labute approximate surface area is 97.3 Å². The zero-order valence-corrected chi connectivity index (χ0v) is 10.0. The quantitative estimate of drug-likeness (QED) is 0.770. The van der Waals surface area contributed by atoms with Crippen molar-refractivity contribution < 1.29 is 14.7 Å². The van der Waals surface area contributed by atoms with Gasteiger partial charge in [0.1, 0.15) is 18.5 Å². The van der Waals surface area contributed by atoms with Crippen molar-refractivity contribution >= 4 is 15.9 Å². The fourth-order valence-electron chi connectivity index (χ4n) is 0.962. The van der Waals surface area contributed by atoms with Gasteiger partial charge >= 0.3 is 0 Å². The number of ether oxygens (including phenoxy) is 1. The second kappa shape index (κ2) is 6.79. The number of rotatable bonds is 6. The van der Waals surface area contributed by atoms with Gasteiger partial charge in [-0.05, 0) is 24.3 Å². The van der Waals surface area contributed by atoms with Crippen molar-refractivity contribution in [3.8, 4) is 5.75 Å². The van der Waals surface area contributed by atoms with Gasteiger partial charge in [0.15, 0.2) is 0 Å². The molecular formula is C10H14BrNO3. The van der Waals surface area contributed by atoms with E-state index in [1.165, 1.54) is 7.11 Å². The lowest BCUT2D eigenvalue weighted by Crippen LogP contribution is -2.30. The maximum absolute atomic E-state index is 9.42. The van der Waals surface area contributed by atoms with Crippen LogP contribution < -0.4 is 10.2 Å². The number of aliphatic hydroxyl groups excluding tert-OH is 1. The van der Waals surface area contributed by atoms with Crippen LogP contribution in [0.25, 0.3) is 0 Å². The van der Waals surface area contributed by atoms with Gasteiger partial charge in [-0.15, -0.1) is 0 Å². The Bertz CT molecular complexity index is 279. The van der Waals surface area contributed by atoms with Crippen molar-refractivity contribution in [3.63, 3.8) is 0 Å². The molecule has 0 bridgehead atoms. The van der Waals surface area contributed by atoms with Crippen LogP contribution in [0.15, 0.2) is 28.7 Å². The Morgan fingerprint density at radius 2 is 2.07 bits per heavy atom. The molecule has 0 spiro atoms. The van der Waals surface area contributed by atoms with E-state index < -0.39 is 6.10 Å². The number of aliphatic hydroxyl groups is 1. The third-order valence-corrected chi connectivity index (χ3v) is 2.25. The zero-order chi connectivity index (χ0) is 11.1. The first kappa shape index (κ1) is 12.4. The fraction of sp³-hybridized carbons (Fsp3) is 0.400. The predicted molar refractivity (Wildman–Crippen MR) is 60.7 cm³/mol. The molecule has 1 atom stereocenters. The van der Waals surface area contributed by atoms with Gasteiger partial charge in [-0.3, -0.25) is 0 Å². The van der Waals surface area contributed by atoms with Gasteiger partial charge in [0, 0.05) is 4.47 Å². The van der Waals surface area contributed by atoms with Crippen LogP contribution in [0, 0.1) is 0 Å². The maximum atomic E-state index is 9.42. The summed E-state index contributed by atoms with van der Waals surface area (Å²) in [6.45, 7) is 0.574. The molecule has 0 heterocycles. The van der Waals surface area contributed by atoms with E-state index in [4.69, 9.17) is 4.74 Å². The van der Waals surface area contributed by atoms with Crippen molar-refractivity contribution in [1.29, 1.82) is 0 Å². The van der Waals surface area contributed by atoms with Gasteiger partial charge < -0.3 is 14.7 Å². The molecule has 2 N–H and O–H groups in total. The Hall–Kier alpha value is -0.620. The highest BCUT2D eigenvalue weighted by Crippen LogP contribution is 2.16. The largest absolute Gasteiger partial charge is 0.491 e. The van der Waals surface area contributed by atoms with Crippen molar-refractivity contribution in [3.05, 3.63) is 28.7 Å². The zero-order valence-electron chi connectivity index (χ0n) is 8.44. The van der Waals surface area contributed by atoms with Crippen molar-refractivity contribution in [1.82, 2.24) is 5.48 Å². The molecule has 0 saturated carbocycles. The topological polar surface area (TPSA) is 50.7 Å². The molecule has 5 heteroatoms. The minimum Gasteiger partial charge on any atom is -0.491 e. The van der Waals surface area contributed by atoms with E-state index in [1.807, 2.05) is 24.3 Å². The second-order valence-electron chi connectivity index (χ2n) is 2.97. The predicted octanol–water partition coefficient (Wildman–Crippen LogP) is 1.34. The van der Waals surface area contributed by atoms with E-state index in [2.05, 4.69) is 26.2 Å². The average Bonchev–Trinajstić information content (AvgIpc) is 2.25.